The van der Waals surface area contributed by atoms with Crippen molar-refractivity contribution in [3.05, 3.63) is 63.7 Å². The summed E-state index contributed by atoms with van der Waals surface area (Å²) in [5.41, 5.74) is 4.68. The van der Waals surface area contributed by atoms with Crippen molar-refractivity contribution < 1.29 is 0 Å². The Morgan fingerprint density at radius 3 is 2.65 bits per heavy atom. The van der Waals surface area contributed by atoms with Crippen molar-refractivity contribution >= 4 is 22.3 Å². The van der Waals surface area contributed by atoms with Crippen molar-refractivity contribution in [3.8, 4) is 0 Å². The van der Waals surface area contributed by atoms with Crippen molar-refractivity contribution in [3.63, 3.8) is 0 Å². The van der Waals surface area contributed by atoms with Gasteiger partial charge in [0.2, 0.25) is 0 Å². The Bertz CT molecular complexity index is 1140. The van der Waals surface area contributed by atoms with E-state index in [1.807, 2.05) is 12.1 Å². The molecular formula is C26H32N4O. The fourth-order valence-electron chi connectivity index (χ4n) is 5.11. The van der Waals surface area contributed by atoms with Crippen LogP contribution in [0.4, 0.5) is 11.5 Å². The highest BCUT2D eigenvalue weighted by Crippen LogP contribution is 2.36. The van der Waals surface area contributed by atoms with Gasteiger partial charge in [0.1, 0.15) is 5.82 Å². The Balaban J connectivity index is 1.40. The average molecular weight is 417 g/mol. The van der Waals surface area contributed by atoms with Gasteiger partial charge in [0.05, 0.1) is 5.39 Å². The number of likely N-dealkylation sites (tertiary alicyclic amines) is 1. The normalized spacial score (nSPS) is 17.9. The first-order chi connectivity index (χ1) is 15.1. The third kappa shape index (κ3) is 4.24. The van der Waals surface area contributed by atoms with E-state index in [-0.39, 0.29) is 5.56 Å². The van der Waals surface area contributed by atoms with E-state index in [9.17, 15) is 4.79 Å². The van der Waals surface area contributed by atoms with Crippen LogP contribution in [0.5, 0.6) is 0 Å². The molecule has 0 amide bonds. The maximum absolute atomic E-state index is 12.5. The van der Waals surface area contributed by atoms with Gasteiger partial charge in [0.25, 0.3) is 5.56 Å². The lowest BCUT2D eigenvalue weighted by atomic mass is 9.86. The van der Waals surface area contributed by atoms with E-state index >= 15 is 0 Å². The van der Waals surface area contributed by atoms with Gasteiger partial charge < -0.3 is 15.2 Å². The van der Waals surface area contributed by atoms with Crippen LogP contribution in [0.2, 0.25) is 0 Å². The summed E-state index contributed by atoms with van der Waals surface area (Å²) in [4.78, 5) is 22.8. The number of pyridine rings is 2. The van der Waals surface area contributed by atoms with Crippen LogP contribution in [0, 0.1) is 6.92 Å². The van der Waals surface area contributed by atoms with Gasteiger partial charge in [0.15, 0.2) is 0 Å². The zero-order valence-electron chi connectivity index (χ0n) is 18.6. The Hall–Kier alpha value is -2.66. The van der Waals surface area contributed by atoms with Gasteiger partial charge >= 0.3 is 0 Å². The summed E-state index contributed by atoms with van der Waals surface area (Å²) in [5.74, 6) is 1.30. The Labute approximate surface area is 183 Å². The number of piperidine rings is 1. The predicted molar refractivity (Wildman–Crippen MR) is 127 cm³/mol. The molecule has 2 aromatic heterocycles. The molecule has 1 saturated carbocycles. The second-order valence-corrected chi connectivity index (χ2v) is 9.22. The van der Waals surface area contributed by atoms with Crippen LogP contribution < -0.4 is 10.9 Å². The number of fused-ring (bicyclic) bond motifs is 1. The smallest absolute Gasteiger partial charge is 0.259 e. The van der Waals surface area contributed by atoms with Crippen molar-refractivity contribution in [1.82, 2.24) is 14.9 Å². The maximum atomic E-state index is 12.5. The molecule has 5 heteroatoms. The number of benzene rings is 1. The summed E-state index contributed by atoms with van der Waals surface area (Å²) in [6, 6.07) is 11.5. The fourth-order valence-corrected chi connectivity index (χ4v) is 5.11. The Kier molecular flexibility index (Phi) is 5.53. The minimum Gasteiger partial charge on any atom is -0.340 e. The number of aryl methyl sites for hydroxylation is 2. The first kappa shape index (κ1) is 20.3. The minimum atomic E-state index is -0.105. The van der Waals surface area contributed by atoms with Gasteiger partial charge in [-0.15, -0.1) is 0 Å². The molecule has 0 atom stereocenters. The molecule has 0 unspecified atom stereocenters. The van der Waals surface area contributed by atoms with Gasteiger partial charge in [-0.3, -0.25) is 4.79 Å². The van der Waals surface area contributed by atoms with Crippen LogP contribution in [-0.2, 0) is 6.42 Å². The highest BCUT2D eigenvalue weighted by Gasteiger charge is 2.32. The molecule has 31 heavy (non-hydrogen) atoms. The molecule has 2 aliphatic rings. The number of nitrogens with zero attached hydrogens (tertiary/aromatic N) is 2. The molecule has 1 aliphatic carbocycles. The second kappa shape index (κ2) is 8.46. The number of nitrogens with one attached hydrogen (secondary N) is 2. The highest BCUT2D eigenvalue weighted by molar-refractivity contribution is 5.92. The number of hydrogen-bond donors (Lipinski definition) is 2. The summed E-state index contributed by atoms with van der Waals surface area (Å²) in [5, 5.41) is 5.00. The van der Waals surface area contributed by atoms with Gasteiger partial charge in [0, 0.05) is 23.6 Å². The third-order valence-electron chi connectivity index (χ3n) is 6.88. The second-order valence-electron chi connectivity index (χ2n) is 9.22. The lowest BCUT2D eigenvalue weighted by molar-refractivity contribution is 0.203. The molecule has 0 radical (unpaired) electrons. The summed E-state index contributed by atoms with van der Waals surface area (Å²) in [6.07, 6.45) is 8.93. The molecule has 5 nitrogen and oxygen atoms in total. The molecule has 0 bridgehead atoms. The van der Waals surface area contributed by atoms with E-state index in [0.29, 0.717) is 17.1 Å². The topological polar surface area (TPSA) is 61.0 Å². The van der Waals surface area contributed by atoms with E-state index < -0.39 is 0 Å². The van der Waals surface area contributed by atoms with E-state index in [2.05, 4.69) is 47.2 Å². The zero-order chi connectivity index (χ0) is 21.4. The standard InChI is InChI=1S/C26H32N4O/c1-3-4-20-16-19-9-12-27-26(31)24(19)25(28-20)29-21-5-8-23(17(2)15-21)18-10-13-30(14-11-18)22-6-7-22/h5,8-9,12,15-16,18,22H,3-4,6-7,10-11,13-14H2,1-2H3,(H,27,31)(H,28,29). The molecule has 162 valence electrons. The Morgan fingerprint density at radius 1 is 1.13 bits per heavy atom. The van der Waals surface area contributed by atoms with E-state index in [1.54, 1.807) is 6.20 Å². The van der Waals surface area contributed by atoms with Crippen LogP contribution in [0.15, 0.2) is 41.3 Å². The van der Waals surface area contributed by atoms with E-state index in [1.165, 1.54) is 49.9 Å². The van der Waals surface area contributed by atoms with Gasteiger partial charge in [-0.1, -0.05) is 19.4 Å². The van der Waals surface area contributed by atoms with E-state index in [0.717, 1.165) is 35.7 Å². The van der Waals surface area contributed by atoms with Crippen LogP contribution in [0.1, 0.15) is 61.8 Å². The summed E-state index contributed by atoms with van der Waals surface area (Å²) in [7, 11) is 0. The number of rotatable bonds is 6. The van der Waals surface area contributed by atoms with Crippen LogP contribution in [0.25, 0.3) is 10.8 Å². The molecule has 0 spiro atoms. The molecule has 1 saturated heterocycles. The quantitative estimate of drug-likeness (QED) is 0.575. The van der Waals surface area contributed by atoms with Gasteiger partial charge in [-0.05, 0) is 98.8 Å². The SMILES string of the molecule is CCCc1cc2cc[nH]c(=O)c2c(Nc2ccc(C3CCN(C4CC4)CC3)c(C)c2)n1. The van der Waals surface area contributed by atoms with E-state index in [4.69, 9.17) is 4.98 Å². The minimum absolute atomic E-state index is 0.105. The van der Waals surface area contributed by atoms with Crippen molar-refractivity contribution in [2.24, 2.45) is 0 Å². The van der Waals surface area contributed by atoms with Crippen LogP contribution in [0.3, 0.4) is 0 Å². The molecule has 3 heterocycles. The molecule has 1 aliphatic heterocycles. The van der Waals surface area contributed by atoms with Crippen molar-refractivity contribution in [1.29, 1.82) is 0 Å². The Morgan fingerprint density at radius 2 is 1.94 bits per heavy atom. The zero-order valence-corrected chi connectivity index (χ0v) is 18.6. The number of aromatic amines is 1. The third-order valence-corrected chi connectivity index (χ3v) is 6.88. The van der Waals surface area contributed by atoms with Crippen molar-refractivity contribution in [2.45, 2.75) is 64.3 Å². The first-order valence-electron chi connectivity index (χ1n) is 11.8. The molecule has 3 aromatic rings. The lowest BCUT2D eigenvalue weighted by Crippen LogP contribution is -2.34. The molecule has 2 N–H and O–H groups in total. The molecular weight excluding hydrogens is 384 g/mol. The first-order valence-corrected chi connectivity index (χ1v) is 11.8. The number of aromatic nitrogens is 2. The van der Waals surface area contributed by atoms with Crippen molar-refractivity contribution in [2.75, 3.05) is 18.4 Å². The van der Waals surface area contributed by atoms with Gasteiger partial charge in [-0.2, -0.15) is 0 Å². The molecule has 1 aromatic carbocycles. The molecule has 5 rings (SSSR count). The number of anilines is 2. The summed E-state index contributed by atoms with van der Waals surface area (Å²) in [6.45, 7) is 6.82. The summed E-state index contributed by atoms with van der Waals surface area (Å²) >= 11 is 0. The van der Waals surface area contributed by atoms with Gasteiger partial charge in [-0.25, -0.2) is 4.98 Å². The molecule has 2 fully saturated rings. The summed E-state index contributed by atoms with van der Waals surface area (Å²) < 4.78 is 0. The maximum Gasteiger partial charge on any atom is 0.259 e. The van der Waals surface area contributed by atoms with Crippen LogP contribution in [-0.4, -0.2) is 34.0 Å². The number of hydrogen-bond acceptors (Lipinski definition) is 4. The van der Waals surface area contributed by atoms with Crippen LogP contribution >= 0.6 is 0 Å². The lowest BCUT2D eigenvalue weighted by Gasteiger charge is -2.33. The number of H-pyrrole nitrogens is 1. The predicted octanol–water partition coefficient (Wildman–Crippen LogP) is 5.27. The average Bonchev–Trinajstić information content (AvgIpc) is 3.60. The fraction of sp³-hybridized carbons (Fsp3) is 0.462. The largest absolute Gasteiger partial charge is 0.340 e. The highest BCUT2D eigenvalue weighted by atomic mass is 16.1. The monoisotopic (exact) mass is 416 g/mol.